The van der Waals surface area contributed by atoms with Crippen molar-refractivity contribution < 1.29 is 23.1 Å². The minimum atomic E-state index is -2.85. The van der Waals surface area contributed by atoms with Crippen molar-refractivity contribution in [1.82, 2.24) is 10.6 Å². The minimum Gasteiger partial charge on any atom is -0.435 e. The highest BCUT2D eigenvalue weighted by molar-refractivity contribution is 6.33. The zero-order valence-electron chi connectivity index (χ0n) is 14.4. The van der Waals surface area contributed by atoms with Crippen molar-refractivity contribution in [2.45, 2.75) is 19.5 Å². The van der Waals surface area contributed by atoms with Gasteiger partial charge in [-0.15, -0.1) is 0 Å². The van der Waals surface area contributed by atoms with Crippen LogP contribution < -0.4 is 15.4 Å². The summed E-state index contributed by atoms with van der Waals surface area (Å²) in [4.78, 5) is 23.8. The van der Waals surface area contributed by atoms with Gasteiger partial charge in [0, 0.05) is 19.5 Å². The lowest BCUT2D eigenvalue weighted by atomic mass is 10.1. The first-order valence-electron chi connectivity index (χ1n) is 8.29. The Morgan fingerprint density at radius 1 is 1.00 bits per heavy atom. The topological polar surface area (TPSA) is 67.4 Å². The summed E-state index contributed by atoms with van der Waals surface area (Å²) in [5.74, 6) is -0.446. The molecule has 2 N–H and O–H groups in total. The Balaban J connectivity index is 1.65. The summed E-state index contributed by atoms with van der Waals surface area (Å²) in [5.41, 5.74) is 1.24. The largest absolute Gasteiger partial charge is 0.435 e. The molecule has 0 radical (unpaired) electrons. The van der Waals surface area contributed by atoms with Crippen LogP contribution >= 0.6 is 11.6 Å². The average Bonchev–Trinajstić information content (AvgIpc) is 2.63. The van der Waals surface area contributed by atoms with E-state index < -0.39 is 6.61 Å². The Morgan fingerprint density at radius 2 is 1.70 bits per heavy atom. The van der Waals surface area contributed by atoms with Gasteiger partial charge in [-0.1, -0.05) is 35.9 Å². The quantitative estimate of drug-likeness (QED) is 0.682. The molecule has 0 unspecified atom stereocenters. The van der Waals surface area contributed by atoms with Crippen LogP contribution in [0.5, 0.6) is 5.75 Å². The second kappa shape index (κ2) is 10.5. The molecule has 2 aromatic carbocycles. The molecule has 0 heterocycles. The predicted octanol–water partition coefficient (Wildman–Crippen LogP) is 3.42. The number of hydrogen-bond acceptors (Lipinski definition) is 3. The minimum absolute atomic E-state index is 0.0899. The number of rotatable bonds is 9. The molecular weight excluding hydrogens is 378 g/mol. The van der Waals surface area contributed by atoms with Crippen LogP contribution in [0.4, 0.5) is 8.78 Å². The second-order valence-corrected chi connectivity index (χ2v) is 6.02. The molecule has 0 atom stereocenters. The van der Waals surface area contributed by atoms with Gasteiger partial charge in [-0.05, 0) is 36.2 Å². The summed E-state index contributed by atoms with van der Waals surface area (Å²) in [6, 6.07) is 12.9. The molecule has 5 nitrogen and oxygen atoms in total. The van der Waals surface area contributed by atoms with E-state index in [0.717, 1.165) is 5.56 Å². The van der Waals surface area contributed by atoms with Crippen LogP contribution in [0.25, 0.3) is 0 Å². The van der Waals surface area contributed by atoms with E-state index in [9.17, 15) is 18.4 Å². The highest BCUT2D eigenvalue weighted by Crippen LogP contribution is 2.15. The SMILES string of the molecule is O=C(CCNC(=O)c1ccccc1Cl)NCCc1ccc(OC(F)F)cc1. The number of ether oxygens (including phenoxy) is 1. The molecule has 0 saturated carbocycles. The van der Waals surface area contributed by atoms with E-state index in [1.165, 1.54) is 12.1 Å². The monoisotopic (exact) mass is 396 g/mol. The van der Waals surface area contributed by atoms with Crippen LogP contribution in [0.3, 0.4) is 0 Å². The molecule has 27 heavy (non-hydrogen) atoms. The van der Waals surface area contributed by atoms with Gasteiger partial charge in [-0.2, -0.15) is 8.78 Å². The normalized spacial score (nSPS) is 10.5. The number of amides is 2. The number of benzene rings is 2. The Kier molecular flexibility index (Phi) is 8.00. The Labute approximate surface area is 160 Å². The zero-order valence-corrected chi connectivity index (χ0v) is 15.1. The number of nitrogens with one attached hydrogen (secondary N) is 2. The van der Waals surface area contributed by atoms with E-state index in [1.807, 2.05) is 0 Å². The lowest BCUT2D eigenvalue weighted by molar-refractivity contribution is -0.120. The molecule has 0 spiro atoms. The highest BCUT2D eigenvalue weighted by Gasteiger charge is 2.09. The summed E-state index contributed by atoms with van der Waals surface area (Å²) >= 11 is 5.94. The van der Waals surface area contributed by atoms with Gasteiger partial charge in [0.2, 0.25) is 5.91 Å². The summed E-state index contributed by atoms with van der Waals surface area (Å²) in [6.45, 7) is -2.27. The molecular formula is C19H19ClF2N2O3. The fourth-order valence-corrected chi connectivity index (χ4v) is 2.52. The Morgan fingerprint density at radius 3 is 2.37 bits per heavy atom. The molecule has 2 rings (SSSR count). The molecule has 0 aliphatic heterocycles. The second-order valence-electron chi connectivity index (χ2n) is 5.61. The number of carbonyl (C=O) groups is 2. The Hall–Kier alpha value is -2.67. The van der Waals surface area contributed by atoms with Crippen molar-refractivity contribution in [2.24, 2.45) is 0 Å². The third kappa shape index (κ3) is 7.22. The molecule has 0 aliphatic rings. The van der Waals surface area contributed by atoms with Gasteiger partial charge in [0.05, 0.1) is 10.6 Å². The van der Waals surface area contributed by atoms with Crippen molar-refractivity contribution >= 4 is 23.4 Å². The average molecular weight is 397 g/mol. The van der Waals surface area contributed by atoms with Crippen molar-refractivity contribution in [1.29, 1.82) is 0 Å². The molecule has 0 aromatic heterocycles. The molecule has 144 valence electrons. The number of alkyl halides is 2. The number of halogens is 3. The van der Waals surface area contributed by atoms with Gasteiger partial charge < -0.3 is 15.4 Å². The maximum Gasteiger partial charge on any atom is 0.387 e. The van der Waals surface area contributed by atoms with Crippen LogP contribution in [-0.2, 0) is 11.2 Å². The van der Waals surface area contributed by atoms with Crippen LogP contribution in [0.15, 0.2) is 48.5 Å². The van der Waals surface area contributed by atoms with Gasteiger partial charge in [-0.25, -0.2) is 0 Å². The summed E-state index contributed by atoms with van der Waals surface area (Å²) < 4.78 is 28.4. The fourth-order valence-electron chi connectivity index (χ4n) is 2.30. The number of hydrogen-bond donors (Lipinski definition) is 2. The first kappa shape index (κ1) is 20.6. The van der Waals surface area contributed by atoms with Crippen molar-refractivity contribution in [3.63, 3.8) is 0 Å². The predicted molar refractivity (Wildman–Crippen MR) is 98.2 cm³/mol. The van der Waals surface area contributed by atoms with Crippen molar-refractivity contribution in [2.75, 3.05) is 13.1 Å². The van der Waals surface area contributed by atoms with Gasteiger partial charge in [-0.3, -0.25) is 9.59 Å². The van der Waals surface area contributed by atoms with E-state index in [2.05, 4.69) is 15.4 Å². The lowest BCUT2D eigenvalue weighted by Gasteiger charge is -2.08. The zero-order chi connectivity index (χ0) is 19.6. The third-order valence-electron chi connectivity index (χ3n) is 3.64. The standard InChI is InChI=1S/C19H19ClF2N2O3/c20-16-4-2-1-3-15(16)18(26)24-12-10-17(25)23-11-9-13-5-7-14(8-6-13)27-19(21)22/h1-8,19H,9-12H2,(H,23,25)(H,24,26). The van der Waals surface area contributed by atoms with Crippen LogP contribution in [0.2, 0.25) is 5.02 Å². The van der Waals surface area contributed by atoms with Gasteiger partial charge in [0.25, 0.3) is 5.91 Å². The summed E-state index contributed by atoms with van der Waals surface area (Å²) in [7, 11) is 0. The molecule has 8 heteroatoms. The summed E-state index contributed by atoms with van der Waals surface area (Å²) in [6.07, 6.45) is 0.685. The molecule has 0 fully saturated rings. The Bertz CT molecular complexity index is 770. The van der Waals surface area contributed by atoms with E-state index in [-0.39, 0.29) is 30.5 Å². The first-order valence-corrected chi connectivity index (χ1v) is 8.66. The van der Waals surface area contributed by atoms with E-state index >= 15 is 0 Å². The highest BCUT2D eigenvalue weighted by atomic mass is 35.5. The third-order valence-corrected chi connectivity index (χ3v) is 3.97. The fraction of sp³-hybridized carbons (Fsp3) is 0.263. The first-order chi connectivity index (χ1) is 13.0. The maximum atomic E-state index is 12.1. The van der Waals surface area contributed by atoms with Gasteiger partial charge >= 0.3 is 6.61 Å². The smallest absolute Gasteiger partial charge is 0.387 e. The lowest BCUT2D eigenvalue weighted by Crippen LogP contribution is -2.31. The van der Waals surface area contributed by atoms with Crippen molar-refractivity contribution in [3.8, 4) is 5.75 Å². The molecule has 2 amide bonds. The van der Waals surface area contributed by atoms with Crippen molar-refractivity contribution in [3.05, 3.63) is 64.7 Å². The number of carbonyl (C=O) groups excluding carboxylic acids is 2. The van der Waals surface area contributed by atoms with Crippen LogP contribution in [0.1, 0.15) is 22.3 Å². The molecule has 0 bridgehead atoms. The maximum absolute atomic E-state index is 12.1. The molecule has 2 aromatic rings. The van der Waals surface area contributed by atoms with Crippen LogP contribution in [-0.4, -0.2) is 31.5 Å². The molecule has 0 aliphatic carbocycles. The van der Waals surface area contributed by atoms with E-state index in [1.54, 1.807) is 36.4 Å². The molecule has 0 saturated heterocycles. The van der Waals surface area contributed by atoms with Gasteiger partial charge in [0.1, 0.15) is 5.75 Å². The van der Waals surface area contributed by atoms with Gasteiger partial charge in [0.15, 0.2) is 0 Å². The van der Waals surface area contributed by atoms with E-state index in [0.29, 0.717) is 23.6 Å². The summed E-state index contributed by atoms with van der Waals surface area (Å²) in [5, 5.41) is 5.73. The van der Waals surface area contributed by atoms with Crippen LogP contribution in [0, 0.1) is 0 Å². The van der Waals surface area contributed by atoms with E-state index in [4.69, 9.17) is 11.6 Å².